The largest absolute Gasteiger partial charge is 0.377 e. The van der Waals surface area contributed by atoms with E-state index in [1.165, 1.54) is 44.6 Å². The monoisotopic (exact) mass is 258 g/mol. The summed E-state index contributed by atoms with van der Waals surface area (Å²) in [7, 11) is 2.25. The summed E-state index contributed by atoms with van der Waals surface area (Å²) in [5.74, 6) is 1.27. The summed E-state index contributed by atoms with van der Waals surface area (Å²) in [6, 6.07) is 0.642. The van der Waals surface area contributed by atoms with E-state index in [0.29, 0.717) is 12.1 Å². The number of ether oxygens (including phenoxy) is 1. The average Bonchev–Trinajstić information content (AvgIpc) is 2.77. The summed E-state index contributed by atoms with van der Waals surface area (Å²) < 4.78 is 5.63. The molecule has 2 fully saturated rings. The third-order valence-corrected chi connectivity index (χ3v) is 5.35. The molecule has 0 spiro atoms. The van der Waals surface area contributed by atoms with Gasteiger partial charge in [-0.15, -0.1) is 0 Å². The van der Waals surface area contributed by atoms with E-state index < -0.39 is 0 Å². The normalized spacial score (nSPS) is 31.2. The van der Waals surface area contributed by atoms with Gasteiger partial charge < -0.3 is 10.1 Å². The fourth-order valence-electron chi connectivity index (χ4n) is 2.79. The SMILES string of the molecule is CC1OCCC1N(C)CCSC1CCNCC1. The molecule has 2 rings (SSSR count). The van der Waals surface area contributed by atoms with Crippen LogP contribution < -0.4 is 5.32 Å². The first-order chi connectivity index (χ1) is 8.27. The van der Waals surface area contributed by atoms with Crippen LogP contribution in [0, 0.1) is 0 Å². The molecule has 100 valence electrons. The zero-order valence-electron chi connectivity index (χ0n) is 11.2. The minimum atomic E-state index is 0.420. The van der Waals surface area contributed by atoms with Gasteiger partial charge in [-0.2, -0.15) is 11.8 Å². The maximum Gasteiger partial charge on any atom is 0.0702 e. The summed E-state index contributed by atoms with van der Waals surface area (Å²) >= 11 is 2.16. The first-order valence-corrected chi connectivity index (χ1v) is 7.96. The van der Waals surface area contributed by atoms with Gasteiger partial charge in [0.2, 0.25) is 0 Å². The van der Waals surface area contributed by atoms with Crippen LogP contribution in [0.4, 0.5) is 0 Å². The molecule has 0 aromatic carbocycles. The van der Waals surface area contributed by atoms with Gasteiger partial charge in [0.25, 0.3) is 0 Å². The molecule has 0 aliphatic carbocycles. The van der Waals surface area contributed by atoms with Crippen molar-refractivity contribution in [1.29, 1.82) is 0 Å². The molecule has 2 aliphatic rings. The number of nitrogens with zero attached hydrogens (tertiary/aromatic N) is 1. The van der Waals surface area contributed by atoms with Crippen molar-refractivity contribution in [1.82, 2.24) is 10.2 Å². The number of nitrogens with one attached hydrogen (secondary N) is 1. The van der Waals surface area contributed by atoms with Crippen LogP contribution in [0.2, 0.25) is 0 Å². The number of rotatable bonds is 5. The van der Waals surface area contributed by atoms with Crippen molar-refractivity contribution in [2.24, 2.45) is 0 Å². The fourth-order valence-corrected chi connectivity index (χ4v) is 4.09. The maximum absolute atomic E-state index is 5.63. The Bertz CT molecular complexity index is 221. The molecule has 2 aliphatic heterocycles. The lowest BCUT2D eigenvalue weighted by Crippen LogP contribution is -2.38. The van der Waals surface area contributed by atoms with Gasteiger partial charge in [0.15, 0.2) is 0 Å². The van der Waals surface area contributed by atoms with Crippen LogP contribution in [-0.4, -0.2) is 61.3 Å². The Morgan fingerprint density at radius 3 is 2.71 bits per heavy atom. The molecule has 0 saturated carbocycles. The van der Waals surface area contributed by atoms with Crippen LogP contribution in [0.5, 0.6) is 0 Å². The Hall–Kier alpha value is 0.230. The van der Waals surface area contributed by atoms with Crippen LogP contribution in [0.25, 0.3) is 0 Å². The molecule has 0 aromatic rings. The summed E-state index contributed by atoms with van der Waals surface area (Å²) in [4.78, 5) is 2.49. The van der Waals surface area contributed by atoms with Crippen LogP contribution in [0.1, 0.15) is 26.2 Å². The molecule has 2 atom stereocenters. The van der Waals surface area contributed by atoms with E-state index in [-0.39, 0.29) is 0 Å². The highest BCUT2D eigenvalue weighted by Crippen LogP contribution is 2.22. The van der Waals surface area contributed by atoms with Crippen molar-refractivity contribution < 1.29 is 4.74 Å². The quantitative estimate of drug-likeness (QED) is 0.809. The second kappa shape index (κ2) is 6.98. The van der Waals surface area contributed by atoms with Crippen molar-refractivity contribution in [3.63, 3.8) is 0 Å². The lowest BCUT2D eigenvalue weighted by atomic mass is 10.1. The van der Waals surface area contributed by atoms with Crippen molar-refractivity contribution in [2.45, 2.75) is 43.6 Å². The number of likely N-dealkylation sites (N-methyl/N-ethyl adjacent to an activating group) is 1. The molecule has 0 radical (unpaired) electrons. The lowest BCUT2D eigenvalue weighted by Gasteiger charge is -2.28. The van der Waals surface area contributed by atoms with Gasteiger partial charge in [0.05, 0.1) is 6.10 Å². The topological polar surface area (TPSA) is 24.5 Å². The second-order valence-electron chi connectivity index (χ2n) is 5.23. The van der Waals surface area contributed by atoms with E-state index in [4.69, 9.17) is 4.74 Å². The van der Waals surface area contributed by atoms with E-state index in [1.807, 2.05) is 0 Å². The van der Waals surface area contributed by atoms with E-state index in [0.717, 1.165) is 11.9 Å². The smallest absolute Gasteiger partial charge is 0.0702 e. The summed E-state index contributed by atoms with van der Waals surface area (Å²) in [6.45, 7) is 6.76. The molecule has 2 heterocycles. The summed E-state index contributed by atoms with van der Waals surface area (Å²) in [6.07, 6.45) is 4.31. The van der Waals surface area contributed by atoms with Gasteiger partial charge in [-0.1, -0.05) is 0 Å². The molecule has 1 N–H and O–H groups in total. The minimum absolute atomic E-state index is 0.420. The Balaban J connectivity index is 1.60. The van der Waals surface area contributed by atoms with Crippen molar-refractivity contribution in [2.75, 3.05) is 39.0 Å². The highest BCUT2D eigenvalue weighted by atomic mass is 32.2. The molecule has 0 amide bonds. The first-order valence-electron chi connectivity index (χ1n) is 6.91. The van der Waals surface area contributed by atoms with Gasteiger partial charge in [-0.05, 0) is 46.3 Å². The number of hydrogen-bond acceptors (Lipinski definition) is 4. The van der Waals surface area contributed by atoms with Crippen LogP contribution >= 0.6 is 11.8 Å². The van der Waals surface area contributed by atoms with Gasteiger partial charge >= 0.3 is 0 Å². The molecule has 3 nitrogen and oxygen atoms in total. The Morgan fingerprint density at radius 1 is 1.29 bits per heavy atom. The summed E-state index contributed by atoms with van der Waals surface area (Å²) in [5.41, 5.74) is 0. The lowest BCUT2D eigenvalue weighted by molar-refractivity contribution is 0.0858. The molecule has 4 heteroatoms. The highest BCUT2D eigenvalue weighted by molar-refractivity contribution is 7.99. The number of hydrogen-bond donors (Lipinski definition) is 1. The number of piperidine rings is 1. The first kappa shape index (κ1) is 13.7. The van der Waals surface area contributed by atoms with E-state index in [9.17, 15) is 0 Å². The zero-order valence-corrected chi connectivity index (χ0v) is 12.0. The Kier molecular flexibility index (Phi) is 5.60. The predicted molar refractivity (Wildman–Crippen MR) is 74.8 cm³/mol. The average molecular weight is 258 g/mol. The van der Waals surface area contributed by atoms with Gasteiger partial charge in [-0.25, -0.2) is 0 Å². The molecule has 0 bridgehead atoms. The predicted octanol–water partition coefficient (Wildman–Crippen LogP) is 1.58. The van der Waals surface area contributed by atoms with E-state index in [2.05, 4.69) is 35.9 Å². The van der Waals surface area contributed by atoms with Crippen LogP contribution in [0.15, 0.2) is 0 Å². The van der Waals surface area contributed by atoms with Crippen LogP contribution in [-0.2, 0) is 4.74 Å². The molecular weight excluding hydrogens is 232 g/mol. The molecule has 17 heavy (non-hydrogen) atoms. The van der Waals surface area contributed by atoms with Crippen LogP contribution in [0.3, 0.4) is 0 Å². The van der Waals surface area contributed by atoms with E-state index in [1.54, 1.807) is 0 Å². The van der Waals surface area contributed by atoms with Crippen molar-refractivity contribution >= 4 is 11.8 Å². The molecule has 0 aromatic heterocycles. The van der Waals surface area contributed by atoms with Gasteiger partial charge in [-0.3, -0.25) is 4.90 Å². The Morgan fingerprint density at radius 2 is 2.06 bits per heavy atom. The number of thioether (sulfide) groups is 1. The minimum Gasteiger partial charge on any atom is -0.377 e. The van der Waals surface area contributed by atoms with Gasteiger partial charge in [0, 0.05) is 30.2 Å². The molecular formula is C13H26N2OS. The zero-order chi connectivity index (χ0) is 12.1. The third kappa shape index (κ3) is 4.12. The fraction of sp³-hybridized carbons (Fsp3) is 1.00. The van der Waals surface area contributed by atoms with Crippen molar-refractivity contribution in [3.8, 4) is 0 Å². The second-order valence-corrected chi connectivity index (χ2v) is 6.64. The highest BCUT2D eigenvalue weighted by Gasteiger charge is 2.27. The Labute approximate surface area is 110 Å². The third-order valence-electron chi connectivity index (χ3n) is 3.99. The molecule has 2 unspecified atom stereocenters. The van der Waals surface area contributed by atoms with Crippen molar-refractivity contribution in [3.05, 3.63) is 0 Å². The van der Waals surface area contributed by atoms with E-state index >= 15 is 0 Å². The molecule has 2 saturated heterocycles. The maximum atomic E-state index is 5.63. The van der Waals surface area contributed by atoms with Gasteiger partial charge in [0.1, 0.15) is 0 Å². The summed E-state index contributed by atoms with van der Waals surface area (Å²) in [5, 5.41) is 4.31. The standard InChI is InChI=1S/C13H26N2OS/c1-11-13(5-9-16-11)15(2)8-10-17-12-3-6-14-7-4-12/h11-14H,3-10H2,1-2H3.